The summed E-state index contributed by atoms with van der Waals surface area (Å²) < 4.78 is 36.4. The van der Waals surface area contributed by atoms with Gasteiger partial charge in [-0.05, 0) is 54.3 Å². The van der Waals surface area contributed by atoms with Crippen LogP contribution in [0, 0.1) is 5.82 Å². The molecule has 0 heterocycles. The Hall–Kier alpha value is -4.36. The number of hydrogen-bond donors (Lipinski definition) is 1. The van der Waals surface area contributed by atoms with Crippen LogP contribution in [0.25, 0.3) is 0 Å². The highest BCUT2D eigenvalue weighted by molar-refractivity contribution is 5.84. The molecule has 1 N–H and O–H groups in total. The molecule has 4 aromatic carbocycles. The van der Waals surface area contributed by atoms with Gasteiger partial charge in [0.1, 0.15) is 13.2 Å². The van der Waals surface area contributed by atoms with E-state index in [4.69, 9.17) is 14.2 Å². The van der Waals surface area contributed by atoms with E-state index in [0.29, 0.717) is 18.1 Å². The summed E-state index contributed by atoms with van der Waals surface area (Å²) in [6, 6.07) is 28.9. The minimum Gasteiger partial charge on any atom is -0.485 e. The van der Waals surface area contributed by atoms with Crippen molar-refractivity contribution in [3.63, 3.8) is 0 Å². The maximum absolute atomic E-state index is 14.8. The van der Waals surface area contributed by atoms with Crippen molar-refractivity contribution in [3.05, 3.63) is 120 Å². The summed E-state index contributed by atoms with van der Waals surface area (Å²) in [6.07, 6.45) is 0.158. The third-order valence-corrected chi connectivity index (χ3v) is 5.55. The average Bonchev–Trinajstić information content (AvgIpc) is 2.98. The number of ether oxygens (including phenoxy) is 4. The van der Waals surface area contributed by atoms with E-state index in [0.717, 1.165) is 29.7 Å². The number of halogens is 1. The quantitative estimate of drug-likeness (QED) is 0.224. The molecule has 0 radical (unpaired) electrons. The molecule has 1 amide bonds. The van der Waals surface area contributed by atoms with Crippen LogP contribution in [-0.4, -0.2) is 19.8 Å². The molecule has 39 heavy (non-hydrogen) atoms. The normalized spacial score (nSPS) is 10.2. The number of aryl methyl sites for hydroxylation is 1. The van der Waals surface area contributed by atoms with Crippen LogP contribution >= 0.6 is 0 Å². The van der Waals surface area contributed by atoms with Gasteiger partial charge in [-0.2, -0.15) is 0 Å². The molecule has 0 saturated carbocycles. The van der Waals surface area contributed by atoms with E-state index in [9.17, 15) is 9.18 Å². The summed E-state index contributed by atoms with van der Waals surface area (Å²) in [4.78, 5) is 12.1. The lowest BCUT2D eigenvalue weighted by Crippen LogP contribution is -2.13. The van der Waals surface area contributed by atoms with E-state index in [1.165, 1.54) is 12.1 Å². The highest BCUT2D eigenvalue weighted by Crippen LogP contribution is 2.35. The van der Waals surface area contributed by atoms with Gasteiger partial charge in [-0.15, -0.1) is 0 Å². The SMILES string of the molecule is CCOC.CCc1ccc(Oc2ccc(NC(=O)OCc3ccccc3)cc2F)c(OCc2ccccc2)c1. The van der Waals surface area contributed by atoms with Gasteiger partial charge in [0.25, 0.3) is 0 Å². The van der Waals surface area contributed by atoms with Crippen molar-refractivity contribution in [2.24, 2.45) is 0 Å². The number of anilines is 1. The molecular weight excluding hydrogens is 497 g/mol. The molecule has 0 atom stereocenters. The van der Waals surface area contributed by atoms with Gasteiger partial charge in [0.2, 0.25) is 0 Å². The fourth-order valence-electron chi connectivity index (χ4n) is 3.36. The van der Waals surface area contributed by atoms with Crippen LogP contribution in [-0.2, 0) is 29.1 Å². The van der Waals surface area contributed by atoms with Crippen molar-refractivity contribution in [3.8, 4) is 17.2 Å². The summed E-state index contributed by atoms with van der Waals surface area (Å²) in [5, 5.41) is 2.53. The second kappa shape index (κ2) is 15.8. The van der Waals surface area contributed by atoms with Crippen molar-refractivity contribution in [1.82, 2.24) is 0 Å². The second-order valence-electron chi connectivity index (χ2n) is 8.42. The van der Waals surface area contributed by atoms with Gasteiger partial charge < -0.3 is 18.9 Å². The van der Waals surface area contributed by atoms with Crippen molar-refractivity contribution in [1.29, 1.82) is 0 Å². The van der Waals surface area contributed by atoms with E-state index in [-0.39, 0.29) is 18.0 Å². The molecule has 204 valence electrons. The summed E-state index contributed by atoms with van der Waals surface area (Å²) in [6.45, 7) is 5.31. The molecular formula is C32H34FNO5. The zero-order valence-electron chi connectivity index (χ0n) is 22.5. The number of hydrogen-bond acceptors (Lipinski definition) is 5. The Kier molecular flexibility index (Phi) is 11.8. The fraction of sp³-hybridized carbons (Fsp3) is 0.219. The number of carbonyl (C=O) groups excluding carboxylic acids is 1. The van der Waals surface area contributed by atoms with Crippen LogP contribution in [0.5, 0.6) is 17.2 Å². The Balaban J connectivity index is 0.000000983. The molecule has 0 bridgehead atoms. The Bertz CT molecular complexity index is 1300. The van der Waals surface area contributed by atoms with Crippen LogP contribution < -0.4 is 14.8 Å². The summed E-state index contributed by atoms with van der Waals surface area (Å²) in [7, 11) is 1.68. The Labute approximate surface area is 229 Å². The van der Waals surface area contributed by atoms with Crippen LogP contribution in [0.2, 0.25) is 0 Å². The maximum Gasteiger partial charge on any atom is 0.411 e. The zero-order chi connectivity index (χ0) is 27.9. The summed E-state index contributed by atoms with van der Waals surface area (Å²) >= 11 is 0. The van der Waals surface area contributed by atoms with E-state index in [1.54, 1.807) is 19.2 Å². The fourth-order valence-corrected chi connectivity index (χ4v) is 3.36. The first-order valence-electron chi connectivity index (χ1n) is 12.8. The Morgan fingerprint density at radius 3 is 1.95 bits per heavy atom. The lowest BCUT2D eigenvalue weighted by molar-refractivity contribution is 0.155. The number of methoxy groups -OCH3 is 1. The highest BCUT2D eigenvalue weighted by atomic mass is 19.1. The molecule has 7 heteroatoms. The highest BCUT2D eigenvalue weighted by Gasteiger charge is 2.13. The molecule has 0 spiro atoms. The maximum atomic E-state index is 14.8. The van der Waals surface area contributed by atoms with E-state index >= 15 is 0 Å². The zero-order valence-corrected chi connectivity index (χ0v) is 22.5. The third kappa shape index (κ3) is 9.79. The van der Waals surface area contributed by atoms with Crippen molar-refractivity contribution in [2.45, 2.75) is 33.5 Å². The minimum atomic E-state index is -0.673. The first-order chi connectivity index (χ1) is 19.0. The Morgan fingerprint density at radius 1 is 0.744 bits per heavy atom. The largest absolute Gasteiger partial charge is 0.485 e. The molecule has 0 aromatic heterocycles. The predicted molar refractivity (Wildman–Crippen MR) is 151 cm³/mol. The van der Waals surface area contributed by atoms with Crippen molar-refractivity contribution in [2.75, 3.05) is 19.0 Å². The van der Waals surface area contributed by atoms with Crippen molar-refractivity contribution < 1.29 is 28.1 Å². The van der Waals surface area contributed by atoms with Gasteiger partial charge in [0.15, 0.2) is 23.1 Å². The van der Waals surface area contributed by atoms with Crippen LogP contribution in [0.3, 0.4) is 0 Å². The first-order valence-corrected chi connectivity index (χ1v) is 12.8. The molecule has 0 aliphatic rings. The smallest absolute Gasteiger partial charge is 0.411 e. The molecule has 4 aromatic rings. The number of carbonyl (C=O) groups is 1. The standard InChI is InChI=1S/C29H26FNO4.C3H8O/c1-2-21-13-15-27(28(17-21)33-19-22-9-5-3-6-10-22)35-26-16-14-24(18-25(26)30)31-29(32)34-20-23-11-7-4-8-12-23;1-3-4-2/h3-18H,2,19-20H2,1H3,(H,31,32);3H2,1-2H3. The molecule has 6 nitrogen and oxygen atoms in total. The topological polar surface area (TPSA) is 66.0 Å². The van der Waals surface area contributed by atoms with Gasteiger partial charge in [0.05, 0.1) is 0 Å². The van der Waals surface area contributed by atoms with Crippen LogP contribution in [0.15, 0.2) is 97.1 Å². The molecule has 0 saturated heterocycles. The lowest BCUT2D eigenvalue weighted by Gasteiger charge is -2.15. The number of amides is 1. The summed E-state index contributed by atoms with van der Waals surface area (Å²) in [5.74, 6) is 0.320. The first kappa shape index (κ1) is 29.2. The molecule has 0 aliphatic heterocycles. The van der Waals surface area contributed by atoms with E-state index in [2.05, 4.69) is 10.1 Å². The van der Waals surface area contributed by atoms with E-state index in [1.807, 2.05) is 86.6 Å². The van der Waals surface area contributed by atoms with Gasteiger partial charge in [-0.25, -0.2) is 9.18 Å². The Morgan fingerprint density at radius 2 is 1.36 bits per heavy atom. The number of rotatable bonds is 10. The second-order valence-corrected chi connectivity index (χ2v) is 8.42. The number of benzene rings is 4. The van der Waals surface area contributed by atoms with Crippen molar-refractivity contribution >= 4 is 11.8 Å². The van der Waals surface area contributed by atoms with Crippen LogP contribution in [0.1, 0.15) is 30.5 Å². The summed E-state index contributed by atoms with van der Waals surface area (Å²) in [5.41, 5.74) is 3.21. The molecule has 0 fully saturated rings. The monoisotopic (exact) mass is 531 g/mol. The minimum absolute atomic E-state index is 0.0158. The molecule has 0 unspecified atom stereocenters. The van der Waals surface area contributed by atoms with Crippen LogP contribution in [0.4, 0.5) is 14.9 Å². The molecule has 0 aliphatic carbocycles. The van der Waals surface area contributed by atoms with E-state index < -0.39 is 11.9 Å². The lowest BCUT2D eigenvalue weighted by atomic mass is 10.1. The molecule has 4 rings (SSSR count). The van der Waals surface area contributed by atoms with Gasteiger partial charge in [-0.1, -0.05) is 73.7 Å². The van der Waals surface area contributed by atoms with Gasteiger partial charge in [-0.3, -0.25) is 5.32 Å². The average molecular weight is 532 g/mol. The third-order valence-electron chi connectivity index (χ3n) is 5.55. The van der Waals surface area contributed by atoms with Gasteiger partial charge >= 0.3 is 6.09 Å². The number of nitrogens with one attached hydrogen (secondary N) is 1. The predicted octanol–water partition coefficient (Wildman–Crippen LogP) is 8.16. The van der Waals surface area contributed by atoms with Gasteiger partial charge in [0, 0.05) is 25.5 Å².